The lowest BCUT2D eigenvalue weighted by atomic mass is 9.77. The van der Waals surface area contributed by atoms with Crippen LogP contribution in [0.5, 0.6) is 0 Å². The summed E-state index contributed by atoms with van der Waals surface area (Å²) in [5.74, 6) is 0.0516. The second-order valence-electron chi connectivity index (χ2n) is 7.92. The molecule has 4 nitrogen and oxygen atoms in total. The van der Waals surface area contributed by atoms with Crippen LogP contribution in [0.1, 0.15) is 49.4 Å². The van der Waals surface area contributed by atoms with E-state index in [4.69, 9.17) is 11.6 Å². The molecule has 148 valence electrons. The van der Waals surface area contributed by atoms with Gasteiger partial charge in [-0.05, 0) is 42.5 Å². The average Bonchev–Trinajstić information content (AvgIpc) is 2.67. The zero-order valence-electron chi connectivity index (χ0n) is 15.9. The van der Waals surface area contributed by atoms with E-state index in [0.717, 1.165) is 25.0 Å². The molecule has 28 heavy (non-hydrogen) atoms. The maximum atomic E-state index is 13.3. The minimum absolute atomic E-state index is 0.00480. The Kier molecular flexibility index (Phi) is 5.28. The Balaban J connectivity index is 1.60. The second-order valence-corrected chi connectivity index (χ2v) is 8.33. The van der Waals surface area contributed by atoms with Crippen LogP contribution in [0, 0.1) is 11.7 Å². The number of rotatable bonds is 4. The van der Waals surface area contributed by atoms with Crippen molar-refractivity contribution in [3.05, 3.63) is 68.8 Å². The van der Waals surface area contributed by atoms with Crippen molar-refractivity contribution in [1.29, 1.82) is 0 Å². The van der Waals surface area contributed by atoms with E-state index in [1.165, 1.54) is 12.1 Å². The van der Waals surface area contributed by atoms with Crippen LogP contribution in [0.25, 0.3) is 0 Å². The highest BCUT2D eigenvalue weighted by molar-refractivity contribution is 6.31. The maximum absolute atomic E-state index is 13.3. The molecule has 4 rings (SSSR count). The summed E-state index contributed by atoms with van der Waals surface area (Å²) in [4.78, 5) is 27.4. The molecule has 0 aliphatic carbocycles. The van der Waals surface area contributed by atoms with E-state index < -0.39 is 5.82 Å². The van der Waals surface area contributed by atoms with Crippen molar-refractivity contribution in [2.24, 2.45) is 5.92 Å². The van der Waals surface area contributed by atoms with Gasteiger partial charge < -0.3 is 9.47 Å². The molecule has 0 saturated carbocycles. The SMILES string of the molecule is CCC[C@H]1[C@H]2C[C@H](CN(C(=O)Cc3ccc(F)cc3Cl)C2)c2cccc(=O)n21. The van der Waals surface area contributed by atoms with Gasteiger partial charge in [-0.25, -0.2) is 4.39 Å². The van der Waals surface area contributed by atoms with Crippen molar-refractivity contribution in [1.82, 2.24) is 9.47 Å². The van der Waals surface area contributed by atoms with Crippen molar-refractivity contribution >= 4 is 17.5 Å². The number of hydrogen-bond donors (Lipinski definition) is 0. The minimum atomic E-state index is -0.404. The molecule has 2 aliphatic heterocycles. The molecule has 0 N–H and O–H groups in total. The highest BCUT2D eigenvalue weighted by atomic mass is 35.5. The summed E-state index contributed by atoms with van der Waals surface area (Å²) < 4.78 is 15.2. The number of aromatic nitrogens is 1. The van der Waals surface area contributed by atoms with Crippen LogP contribution < -0.4 is 5.56 Å². The Morgan fingerprint density at radius 3 is 2.82 bits per heavy atom. The van der Waals surface area contributed by atoms with Gasteiger partial charge in [0.15, 0.2) is 0 Å². The van der Waals surface area contributed by atoms with Crippen LogP contribution in [0.4, 0.5) is 4.39 Å². The lowest BCUT2D eigenvalue weighted by Crippen LogP contribution is -2.51. The first-order valence-electron chi connectivity index (χ1n) is 9.91. The third kappa shape index (κ3) is 3.48. The fourth-order valence-electron chi connectivity index (χ4n) is 4.85. The third-order valence-corrected chi connectivity index (χ3v) is 6.44. The monoisotopic (exact) mass is 402 g/mol. The summed E-state index contributed by atoms with van der Waals surface area (Å²) in [5.41, 5.74) is 1.74. The number of piperidine rings is 1. The molecule has 3 heterocycles. The number of likely N-dealkylation sites (tertiary alicyclic amines) is 1. The summed E-state index contributed by atoms with van der Waals surface area (Å²) in [6, 6.07) is 9.76. The number of carbonyl (C=O) groups is 1. The molecular formula is C22H24ClFN2O2. The van der Waals surface area contributed by atoms with Gasteiger partial charge >= 0.3 is 0 Å². The predicted molar refractivity (Wildman–Crippen MR) is 107 cm³/mol. The zero-order chi connectivity index (χ0) is 19.8. The largest absolute Gasteiger partial charge is 0.341 e. The third-order valence-electron chi connectivity index (χ3n) is 6.09. The minimum Gasteiger partial charge on any atom is -0.341 e. The molecule has 1 fully saturated rings. The number of amides is 1. The Bertz CT molecular complexity index is 958. The van der Waals surface area contributed by atoms with Gasteiger partial charge in [0, 0.05) is 41.8 Å². The smallest absolute Gasteiger partial charge is 0.250 e. The van der Waals surface area contributed by atoms with Gasteiger partial charge in [0.2, 0.25) is 5.91 Å². The normalized spacial score (nSPS) is 23.4. The Labute approximate surface area is 168 Å². The van der Waals surface area contributed by atoms with E-state index in [1.54, 1.807) is 12.1 Å². The topological polar surface area (TPSA) is 42.3 Å². The quantitative estimate of drug-likeness (QED) is 0.770. The first-order chi connectivity index (χ1) is 13.5. The molecule has 1 saturated heterocycles. The predicted octanol–water partition coefficient (Wildman–Crippen LogP) is 4.17. The second kappa shape index (κ2) is 7.70. The number of halogens is 2. The van der Waals surface area contributed by atoms with E-state index in [0.29, 0.717) is 18.7 Å². The summed E-state index contributed by atoms with van der Waals surface area (Å²) in [6.07, 6.45) is 3.10. The van der Waals surface area contributed by atoms with Gasteiger partial charge in [-0.2, -0.15) is 0 Å². The number of benzene rings is 1. The standard InChI is InChI=1S/C22H24ClFN2O2/c1-2-4-19-15-9-16(20-5-3-6-21(27)26(19)20)13-25(12-15)22(28)10-14-7-8-17(24)11-18(14)23/h3,5-8,11,15-16,19H,2,4,9-10,12-13H2,1H3/t15-,16+,19-/m0/s1. The van der Waals surface area contributed by atoms with Crippen molar-refractivity contribution < 1.29 is 9.18 Å². The van der Waals surface area contributed by atoms with Gasteiger partial charge in [-0.1, -0.05) is 37.1 Å². The van der Waals surface area contributed by atoms with Crippen molar-refractivity contribution in [3.8, 4) is 0 Å². The van der Waals surface area contributed by atoms with E-state index in [1.807, 2.05) is 21.6 Å². The number of carbonyl (C=O) groups excluding carboxylic acids is 1. The van der Waals surface area contributed by atoms with Crippen LogP contribution in [0.15, 0.2) is 41.2 Å². The molecule has 6 heteroatoms. The van der Waals surface area contributed by atoms with Crippen molar-refractivity contribution in [3.63, 3.8) is 0 Å². The first-order valence-corrected chi connectivity index (χ1v) is 10.3. The molecule has 0 spiro atoms. The van der Waals surface area contributed by atoms with E-state index >= 15 is 0 Å². The molecule has 2 aromatic rings. The first kappa shape index (κ1) is 19.2. The van der Waals surface area contributed by atoms with Gasteiger partial charge in [-0.15, -0.1) is 0 Å². The molecule has 2 bridgehead atoms. The van der Waals surface area contributed by atoms with E-state index in [-0.39, 0.29) is 40.8 Å². The molecule has 0 unspecified atom stereocenters. The molecule has 1 aromatic heterocycles. The summed E-state index contributed by atoms with van der Waals surface area (Å²) in [6.45, 7) is 3.39. The Morgan fingerprint density at radius 1 is 1.25 bits per heavy atom. The fourth-order valence-corrected chi connectivity index (χ4v) is 5.08. The average molecular weight is 403 g/mol. The van der Waals surface area contributed by atoms with Crippen LogP contribution >= 0.6 is 11.6 Å². The van der Waals surface area contributed by atoms with E-state index in [2.05, 4.69) is 6.92 Å². The number of pyridine rings is 1. The molecule has 2 aliphatic rings. The molecule has 0 radical (unpaired) electrons. The highest BCUT2D eigenvalue weighted by Gasteiger charge is 2.41. The van der Waals surface area contributed by atoms with Gasteiger partial charge in [0.25, 0.3) is 5.56 Å². The number of hydrogen-bond acceptors (Lipinski definition) is 2. The van der Waals surface area contributed by atoms with Gasteiger partial charge in [0.1, 0.15) is 5.82 Å². The summed E-state index contributed by atoms with van der Waals surface area (Å²) in [5, 5.41) is 0.284. The van der Waals surface area contributed by atoms with Crippen molar-refractivity contribution in [2.75, 3.05) is 13.1 Å². The Hall–Kier alpha value is -2.14. The molecular weight excluding hydrogens is 379 g/mol. The van der Waals surface area contributed by atoms with E-state index in [9.17, 15) is 14.0 Å². The lowest BCUT2D eigenvalue weighted by Gasteiger charge is -2.47. The molecule has 1 aromatic carbocycles. The number of fused-ring (bicyclic) bond motifs is 4. The highest BCUT2D eigenvalue weighted by Crippen LogP contribution is 2.42. The van der Waals surface area contributed by atoms with Gasteiger partial charge in [0.05, 0.1) is 6.42 Å². The molecule has 1 amide bonds. The van der Waals surface area contributed by atoms with Gasteiger partial charge in [-0.3, -0.25) is 9.59 Å². The molecule has 3 atom stereocenters. The fraction of sp³-hybridized carbons (Fsp3) is 0.455. The van der Waals surface area contributed by atoms with Crippen LogP contribution in [-0.2, 0) is 11.2 Å². The maximum Gasteiger partial charge on any atom is 0.250 e. The van der Waals surface area contributed by atoms with Crippen LogP contribution in [-0.4, -0.2) is 28.5 Å². The lowest BCUT2D eigenvalue weighted by molar-refractivity contribution is -0.133. The zero-order valence-corrected chi connectivity index (χ0v) is 16.7. The number of nitrogens with zero attached hydrogens (tertiary/aromatic N) is 2. The Morgan fingerprint density at radius 2 is 2.07 bits per heavy atom. The summed E-state index contributed by atoms with van der Waals surface area (Å²) >= 11 is 6.11. The van der Waals surface area contributed by atoms with Crippen LogP contribution in [0.2, 0.25) is 5.02 Å². The van der Waals surface area contributed by atoms with Crippen LogP contribution in [0.3, 0.4) is 0 Å². The van der Waals surface area contributed by atoms with Crippen molar-refractivity contribution in [2.45, 2.75) is 44.6 Å². The summed E-state index contributed by atoms with van der Waals surface area (Å²) in [7, 11) is 0.